The van der Waals surface area contributed by atoms with E-state index in [9.17, 15) is 5.11 Å². The highest BCUT2D eigenvalue weighted by Gasteiger charge is 2.29. The van der Waals surface area contributed by atoms with Crippen LogP contribution in [0.4, 0.5) is 0 Å². The fraction of sp³-hybridized carbons (Fsp3) is 0.833. The lowest BCUT2D eigenvalue weighted by molar-refractivity contribution is 0.198. The maximum Gasteiger partial charge on any atom is 0.137 e. The zero-order chi connectivity index (χ0) is 11.8. The van der Waals surface area contributed by atoms with Crippen LogP contribution in [0.3, 0.4) is 0 Å². The normalized spacial score (nSPS) is 29.5. The molecule has 1 fully saturated rings. The number of hydrogen-bond donors (Lipinski definition) is 1. The molecule has 0 amide bonds. The van der Waals surface area contributed by atoms with Gasteiger partial charge in [-0.3, -0.25) is 0 Å². The maximum absolute atomic E-state index is 9.21. The van der Waals surface area contributed by atoms with Crippen molar-refractivity contribution in [3.05, 3.63) is 11.6 Å². The van der Waals surface area contributed by atoms with E-state index in [0.29, 0.717) is 11.8 Å². The number of nitrogens with zero attached hydrogens (tertiary/aromatic N) is 4. The molecule has 0 radical (unpaired) electrons. The predicted octanol–water partition coefficient (Wildman–Crippen LogP) is 0.252. The van der Waals surface area contributed by atoms with Gasteiger partial charge in [0, 0.05) is 32.0 Å². The van der Waals surface area contributed by atoms with Crippen LogP contribution in [0, 0.1) is 5.92 Å². The summed E-state index contributed by atoms with van der Waals surface area (Å²) in [6.45, 7) is 3.51. The first-order chi connectivity index (χ1) is 8.28. The summed E-state index contributed by atoms with van der Waals surface area (Å²) in [4.78, 5) is 2.35. The SMILES string of the molecule is CN1CCC(c2nnc3n2CCC(CO)C3)C1. The Bertz CT molecular complexity index is 403. The molecule has 0 saturated carbocycles. The summed E-state index contributed by atoms with van der Waals surface area (Å²) in [6.07, 6.45) is 3.13. The lowest BCUT2D eigenvalue weighted by Crippen LogP contribution is -2.24. The monoisotopic (exact) mass is 236 g/mol. The van der Waals surface area contributed by atoms with E-state index >= 15 is 0 Å². The minimum Gasteiger partial charge on any atom is -0.396 e. The highest BCUT2D eigenvalue weighted by molar-refractivity contribution is 5.07. The lowest BCUT2D eigenvalue weighted by Gasteiger charge is -2.23. The van der Waals surface area contributed by atoms with Crippen LogP contribution in [0.1, 0.15) is 30.4 Å². The van der Waals surface area contributed by atoms with Gasteiger partial charge in [-0.1, -0.05) is 0 Å². The van der Waals surface area contributed by atoms with Gasteiger partial charge < -0.3 is 14.6 Å². The quantitative estimate of drug-likeness (QED) is 0.800. The number of likely N-dealkylation sites (tertiary alicyclic amines) is 1. The largest absolute Gasteiger partial charge is 0.396 e. The van der Waals surface area contributed by atoms with Crippen LogP contribution < -0.4 is 0 Å². The smallest absolute Gasteiger partial charge is 0.137 e. The van der Waals surface area contributed by atoms with Crippen molar-refractivity contribution in [2.24, 2.45) is 5.92 Å². The Balaban J connectivity index is 1.81. The minimum atomic E-state index is 0.272. The fourth-order valence-corrected chi connectivity index (χ4v) is 3.02. The Morgan fingerprint density at radius 1 is 1.29 bits per heavy atom. The standard InChI is InChI=1S/C12H20N4O/c1-15-4-3-10(7-15)12-14-13-11-6-9(8-17)2-5-16(11)12/h9-10,17H,2-8H2,1H3. The Hall–Kier alpha value is -0.940. The second-order valence-electron chi connectivity index (χ2n) is 5.42. The average Bonchev–Trinajstić information content (AvgIpc) is 2.93. The number of rotatable bonds is 2. The summed E-state index contributed by atoms with van der Waals surface area (Å²) < 4.78 is 2.29. The summed E-state index contributed by atoms with van der Waals surface area (Å²) in [5.41, 5.74) is 0. The molecule has 94 valence electrons. The molecule has 0 aromatic carbocycles. The molecule has 3 heterocycles. The third kappa shape index (κ3) is 1.98. The number of aliphatic hydroxyl groups excluding tert-OH is 1. The Kier molecular flexibility index (Phi) is 2.88. The molecule has 2 atom stereocenters. The molecule has 0 bridgehead atoms. The van der Waals surface area contributed by atoms with E-state index in [4.69, 9.17) is 0 Å². The molecule has 1 aromatic heterocycles. The summed E-state index contributed by atoms with van der Waals surface area (Å²) >= 11 is 0. The average molecular weight is 236 g/mol. The number of hydrogen-bond acceptors (Lipinski definition) is 4. The van der Waals surface area contributed by atoms with Crippen molar-refractivity contribution in [2.75, 3.05) is 26.7 Å². The van der Waals surface area contributed by atoms with E-state index < -0.39 is 0 Å². The molecule has 17 heavy (non-hydrogen) atoms. The Morgan fingerprint density at radius 3 is 2.88 bits per heavy atom. The van der Waals surface area contributed by atoms with Gasteiger partial charge in [-0.15, -0.1) is 10.2 Å². The number of aromatic nitrogens is 3. The van der Waals surface area contributed by atoms with Crippen LogP contribution in [0.2, 0.25) is 0 Å². The molecule has 2 unspecified atom stereocenters. The van der Waals surface area contributed by atoms with E-state index in [0.717, 1.165) is 38.3 Å². The van der Waals surface area contributed by atoms with E-state index in [1.54, 1.807) is 0 Å². The summed E-state index contributed by atoms with van der Waals surface area (Å²) in [5.74, 6) is 3.17. The molecule has 0 spiro atoms. The maximum atomic E-state index is 9.21. The van der Waals surface area contributed by atoms with Crippen LogP contribution in [-0.4, -0.2) is 51.5 Å². The third-order valence-corrected chi connectivity index (χ3v) is 4.10. The van der Waals surface area contributed by atoms with Crippen LogP contribution >= 0.6 is 0 Å². The summed E-state index contributed by atoms with van der Waals surface area (Å²) in [7, 11) is 2.16. The molecule has 0 aliphatic carbocycles. The highest BCUT2D eigenvalue weighted by atomic mass is 16.3. The van der Waals surface area contributed by atoms with Crippen molar-refractivity contribution < 1.29 is 5.11 Å². The van der Waals surface area contributed by atoms with Crippen molar-refractivity contribution in [3.8, 4) is 0 Å². The van der Waals surface area contributed by atoms with Gasteiger partial charge in [0.1, 0.15) is 11.6 Å². The van der Waals surface area contributed by atoms with E-state index in [2.05, 4.69) is 26.7 Å². The highest BCUT2D eigenvalue weighted by Crippen LogP contribution is 2.28. The topological polar surface area (TPSA) is 54.2 Å². The van der Waals surface area contributed by atoms with Crippen LogP contribution in [-0.2, 0) is 13.0 Å². The van der Waals surface area contributed by atoms with Gasteiger partial charge >= 0.3 is 0 Å². The van der Waals surface area contributed by atoms with E-state index in [1.165, 1.54) is 12.2 Å². The molecular weight excluding hydrogens is 216 g/mol. The van der Waals surface area contributed by atoms with Gasteiger partial charge in [-0.2, -0.15) is 0 Å². The van der Waals surface area contributed by atoms with Crippen molar-refractivity contribution in [2.45, 2.75) is 31.7 Å². The summed E-state index contributed by atoms with van der Waals surface area (Å²) in [6, 6.07) is 0. The van der Waals surface area contributed by atoms with Gasteiger partial charge in [0.15, 0.2) is 0 Å². The number of fused-ring (bicyclic) bond motifs is 1. The van der Waals surface area contributed by atoms with Gasteiger partial charge in [0.25, 0.3) is 0 Å². The second kappa shape index (κ2) is 4.38. The van der Waals surface area contributed by atoms with E-state index in [-0.39, 0.29) is 6.61 Å². The number of aliphatic hydroxyl groups is 1. The van der Waals surface area contributed by atoms with Crippen molar-refractivity contribution in [1.29, 1.82) is 0 Å². The Morgan fingerprint density at radius 2 is 2.18 bits per heavy atom. The minimum absolute atomic E-state index is 0.272. The second-order valence-corrected chi connectivity index (χ2v) is 5.42. The zero-order valence-electron chi connectivity index (χ0n) is 10.3. The summed E-state index contributed by atoms with van der Waals surface area (Å²) in [5, 5.41) is 17.9. The van der Waals surface area contributed by atoms with Gasteiger partial charge in [-0.25, -0.2) is 0 Å². The first-order valence-electron chi connectivity index (χ1n) is 6.49. The molecule has 2 aliphatic heterocycles. The molecule has 5 heteroatoms. The molecule has 1 N–H and O–H groups in total. The van der Waals surface area contributed by atoms with Crippen molar-refractivity contribution in [1.82, 2.24) is 19.7 Å². The van der Waals surface area contributed by atoms with Crippen LogP contribution in [0.15, 0.2) is 0 Å². The number of likely N-dealkylation sites (N-methyl/N-ethyl adjacent to an activating group) is 1. The first kappa shape index (κ1) is 11.2. The van der Waals surface area contributed by atoms with Crippen LogP contribution in [0.5, 0.6) is 0 Å². The van der Waals surface area contributed by atoms with Gasteiger partial charge in [0.05, 0.1) is 0 Å². The molecule has 1 saturated heterocycles. The van der Waals surface area contributed by atoms with E-state index in [1.807, 2.05) is 0 Å². The van der Waals surface area contributed by atoms with Gasteiger partial charge in [0.2, 0.25) is 0 Å². The fourth-order valence-electron chi connectivity index (χ4n) is 3.02. The van der Waals surface area contributed by atoms with Gasteiger partial charge in [-0.05, 0) is 32.4 Å². The zero-order valence-corrected chi connectivity index (χ0v) is 10.3. The first-order valence-corrected chi connectivity index (χ1v) is 6.49. The molecule has 1 aromatic rings. The van der Waals surface area contributed by atoms with Crippen LogP contribution in [0.25, 0.3) is 0 Å². The molecule has 3 rings (SSSR count). The molecular formula is C12H20N4O. The van der Waals surface area contributed by atoms with Crippen molar-refractivity contribution in [3.63, 3.8) is 0 Å². The third-order valence-electron chi connectivity index (χ3n) is 4.10. The Labute approximate surface area is 101 Å². The van der Waals surface area contributed by atoms with Crippen molar-refractivity contribution >= 4 is 0 Å². The predicted molar refractivity (Wildman–Crippen MR) is 63.8 cm³/mol. The lowest BCUT2D eigenvalue weighted by atomic mass is 9.98. The molecule has 2 aliphatic rings. The molecule has 5 nitrogen and oxygen atoms in total.